The van der Waals surface area contributed by atoms with Gasteiger partial charge in [-0.15, -0.1) is 6.58 Å². The fourth-order valence-electron chi connectivity index (χ4n) is 5.79. The first-order valence-electron chi connectivity index (χ1n) is 11.5. The maximum Gasteiger partial charge on any atom is 0.194 e. The molecular weight excluding hydrogens is 400 g/mol. The molecule has 0 unspecified atom stereocenters. The average Bonchev–Trinajstić information content (AvgIpc) is 2.78. The van der Waals surface area contributed by atoms with Crippen LogP contribution < -0.4 is 0 Å². The molecule has 0 amide bonds. The van der Waals surface area contributed by atoms with Crippen LogP contribution in [0.2, 0.25) is 0 Å². The molecule has 166 valence electrons. The predicted octanol–water partition coefficient (Wildman–Crippen LogP) is 8.57. The van der Waals surface area contributed by atoms with Gasteiger partial charge in [0.15, 0.2) is 17.5 Å². The minimum absolute atomic E-state index is 0.0104. The van der Waals surface area contributed by atoms with Gasteiger partial charge in [0.05, 0.1) is 0 Å². The van der Waals surface area contributed by atoms with E-state index >= 15 is 0 Å². The lowest BCUT2D eigenvalue weighted by atomic mass is 9.68. The molecule has 2 aromatic carbocycles. The smallest absolute Gasteiger partial charge is 0.194 e. The highest BCUT2D eigenvalue weighted by atomic mass is 19.2. The van der Waals surface area contributed by atoms with Gasteiger partial charge in [-0.25, -0.2) is 17.6 Å². The SMILES string of the molecule is C=CCC1CCC(C2CCC(c3ccc(-c4cc(F)c(F)c(F)c4)c(F)c3)CC2)CC1. The lowest BCUT2D eigenvalue weighted by Crippen LogP contribution is -2.25. The first kappa shape index (κ1) is 22.1. The van der Waals surface area contributed by atoms with Gasteiger partial charge in [0.25, 0.3) is 0 Å². The van der Waals surface area contributed by atoms with E-state index in [0.29, 0.717) is 5.92 Å². The van der Waals surface area contributed by atoms with Crippen LogP contribution in [0.25, 0.3) is 11.1 Å². The van der Waals surface area contributed by atoms with Crippen LogP contribution in [0, 0.1) is 41.0 Å². The normalized spacial score (nSPS) is 26.6. The number of halogens is 4. The Morgan fingerprint density at radius 1 is 0.742 bits per heavy atom. The lowest BCUT2D eigenvalue weighted by molar-refractivity contribution is 0.160. The van der Waals surface area contributed by atoms with Crippen molar-refractivity contribution in [2.45, 2.75) is 63.7 Å². The van der Waals surface area contributed by atoms with E-state index in [0.717, 1.165) is 54.7 Å². The molecule has 0 radical (unpaired) electrons. The average molecular weight is 431 g/mol. The Bertz CT molecular complexity index is 896. The van der Waals surface area contributed by atoms with Crippen molar-refractivity contribution in [3.63, 3.8) is 0 Å². The maximum absolute atomic E-state index is 14.8. The molecule has 0 heterocycles. The molecule has 2 fully saturated rings. The van der Waals surface area contributed by atoms with Gasteiger partial charge in [0, 0.05) is 5.56 Å². The van der Waals surface area contributed by atoms with Crippen molar-refractivity contribution in [3.8, 4) is 11.1 Å². The second kappa shape index (κ2) is 9.58. The first-order valence-corrected chi connectivity index (χ1v) is 11.5. The summed E-state index contributed by atoms with van der Waals surface area (Å²) < 4.78 is 55.1. The third-order valence-corrected chi connectivity index (χ3v) is 7.59. The Morgan fingerprint density at radius 3 is 1.87 bits per heavy atom. The highest BCUT2D eigenvalue weighted by Gasteiger charge is 2.31. The van der Waals surface area contributed by atoms with Gasteiger partial charge >= 0.3 is 0 Å². The first-order chi connectivity index (χ1) is 15.0. The molecule has 0 nitrogen and oxygen atoms in total. The molecular formula is C27H30F4. The Kier molecular flexibility index (Phi) is 6.83. The molecule has 0 saturated heterocycles. The summed E-state index contributed by atoms with van der Waals surface area (Å²) in [4.78, 5) is 0. The van der Waals surface area contributed by atoms with E-state index in [1.807, 2.05) is 12.1 Å². The summed E-state index contributed by atoms with van der Waals surface area (Å²) in [7, 11) is 0. The van der Waals surface area contributed by atoms with Crippen molar-refractivity contribution in [3.05, 3.63) is 71.8 Å². The van der Waals surface area contributed by atoms with E-state index in [4.69, 9.17) is 0 Å². The van der Waals surface area contributed by atoms with Crippen LogP contribution in [0.4, 0.5) is 17.6 Å². The fourth-order valence-corrected chi connectivity index (χ4v) is 5.79. The van der Waals surface area contributed by atoms with Gasteiger partial charge in [-0.05, 0) is 111 Å². The van der Waals surface area contributed by atoms with Crippen molar-refractivity contribution in [1.29, 1.82) is 0 Å². The lowest BCUT2D eigenvalue weighted by Gasteiger charge is -2.38. The zero-order valence-electron chi connectivity index (χ0n) is 17.9. The van der Waals surface area contributed by atoms with E-state index in [-0.39, 0.29) is 11.1 Å². The second-order valence-corrected chi connectivity index (χ2v) is 9.41. The minimum Gasteiger partial charge on any atom is -0.206 e. The van der Waals surface area contributed by atoms with Crippen molar-refractivity contribution >= 4 is 0 Å². The van der Waals surface area contributed by atoms with E-state index in [9.17, 15) is 17.6 Å². The second-order valence-electron chi connectivity index (χ2n) is 9.41. The summed E-state index contributed by atoms with van der Waals surface area (Å²) in [6, 6.07) is 6.57. The zero-order chi connectivity index (χ0) is 22.0. The van der Waals surface area contributed by atoms with Crippen molar-refractivity contribution in [1.82, 2.24) is 0 Å². The summed E-state index contributed by atoms with van der Waals surface area (Å²) in [6.07, 6.45) is 12.9. The van der Waals surface area contributed by atoms with Crippen molar-refractivity contribution < 1.29 is 17.6 Å². The van der Waals surface area contributed by atoms with Crippen LogP contribution >= 0.6 is 0 Å². The van der Waals surface area contributed by atoms with Gasteiger partial charge in [0.1, 0.15) is 5.82 Å². The molecule has 0 aromatic heterocycles. The molecule has 2 aromatic rings. The van der Waals surface area contributed by atoms with E-state index in [1.165, 1.54) is 44.6 Å². The number of hydrogen-bond donors (Lipinski definition) is 0. The third-order valence-electron chi connectivity index (χ3n) is 7.59. The third kappa shape index (κ3) is 4.88. The zero-order valence-corrected chi connectivity index (χ0v) is 17.9. The van der Waals surface area contributed by atoms with Crippen LogP contribution in [0.5, 0.6) is 0 Å². The number of allylic oxidation sites excluding steroid dienone is 1. The number of hydrogen-bond acceptors (Lipinski definition) is 0. The molecule has 0 aliphatic heterocycles. The monoisotopic (exact) mass is 430 g/mol. The Balaban J connectivity index is 1.38. The summed E-state index contributed by atoms with van der Waals surface area (Å²) >= 11 is 0. The van der Waals surface area contributed by atoms with Crippen molar-refractivity contribution in [2.24, 2.45) is 17.8 Å². The molecule has 0 spiro atoms. The van der Waals surface area contributed by atoms with Crippen LogP contribution in [0.15, 0.2) is 43.0 Å². The Hall–Kier alpha value is -2.10. The Morgan fingerprint density at radius 2 is 1.32 bits per heavy atom. The van der Waals surface area contributed by atoms with E-state index in [1.54, 1.807) is 6.07 Å². The molecule has 0 N–H and O–H groups in total. The fraction of sp³-hybridized carbons (Fsp3) is 0.481. The topological polar surface area (TPSA) is 0 Å². The molecule has 31 heavy (non-hydrogen) atoms. The Labute approximate surface area is 182 Å². The molecule has 2 aliphatic rings. The quantitative estimate of drug-likeness (QED) is 0.253. The predicted molar refractivity (Wildman–Crippen MR) is 117 cm³/mol. The van der Waals surface area contributed by atoms with Crippen molar-refractivity contribution in [2.75, 3.05) is 0 Å². The summed E-state index contributed by atoms with van der Waals surface area (Å²) in [5, 5.41) is 0. The molecule has 2 saturated carbocycles. The van der Waals surface area contributed by atoms with Crippen LogP contribution in [-0.2, 0) is 0 Å². The summed E-state index contributed by atoms with van der Waals surface area (Å²) in [5.41, 5.74) is 1.04. The molecule has 4 heteroatoms. The van der Waals surface area contributed by atoms with Gasteiger partial charge in [0.2, 0.25) is 0 Å². The maximum atomic E-state index is 14.8. The van der Waals surface area contributed by atoms with Gasteiger partial charge < -0.3 is 0 Å². The minimum atomic E-state index is -1.54. The molecule has 0 atom stereocenters. The summed E-state index contributed by atoms with van der Waals surface area (Å²) in [6.45, 7) is 3.87. The van der Waals surface area contributed by atoms with Crippen LogP contribution in [-0.4, -0.2) is 0 Å². The standard InChI is InChI=1S/C27H30F4/c1-2-3-17-4-6-18(7-5-17)19-8-10-20(11-9-19)21-12-13-23(24(28)14-21)22-15-25(29)27(31)26(30)16-22/h2,12-20H,1,3-11H2. The van der Waals surface area contributed by atoms with Gasteiger partial charge in [-0.3, -0.25) is 0 Å². The summed E-state index contributed by atoms with van der Waals surface area (Å²) in [5.74, 6) is -1.95. The van der Waals surface area contributed by atoms with E-state index in [2.05, 4.69) is 6.58 Å². The van der Waals surface area contributed by atoms with Crippen LogP contribution in [0.1, 0.15) is 69.3 Å². The van der Waals surface area contributed by atoms with Gasteiger partial charge in [-0.2, -0.15) is 0 Å². The number of rotatable bonds is 5. The largest absolute Gasteiger partial charge is 0.206 e. The highest BCUT2D eigenvalue weighted by molar-refractivity contribution is 5.65. The van der Waals surface area contributed by atoms with Crippen LogP contribution in [0.3, 0.4) is 0 Å². The number of benzene rings is 2. The molecule has 4 rings (SSSR count). The molecule has 2 aliphatic carbocycles. The van der Waals surface area contributed by atoms with E-state index < -0.39 is 23.3 Å². The van der Waals surface area contributed by atoms with Gasteiger partial charge in [-0.1, -0.05) is 18.2 Å². The molecule has 0 bridgehead atoms. The highest BCUT2D eigenvalue weighted by Crippen LogP contribution is 2.44.